The summed E-state index contributed by atoms with van der Waals surface area (Å²) in [6.07, 6.45) is 1.13. The van der Waals surface area contributed by atoms with E-state index in [2.05, 4.69) is 44.3 Å². The maximum atomic E-state index is 5.56. The summed E-state index contributed by atoms with van der Waals surface area (Å²) in [7, 11) is 0. The van der Waals surface area contributed by atoms with Crippen molar-refractivity contribution >= 4 is 0 Å². The summed E-state index contributed by atoms with van der Waals surface area (Å²) >= 11 is 0. The van der Waals surface area contributed by atoms with Gasteiger partial charge in [-0.25, -0.2) is 0 Å². The Balaban J connectivity index is 2.16. The number of hydrogen-bond donors (Lipinski definition) is 1. The quantitative estimate of drug-likeness (QED) is 0.825. The molecule has 0 amide bonds. The van der Waals surface area contributed by atoms with E-state index in [9.17, 15) is 0 Å². The van der Waals surface area contributed by atoms with Crippen LogP contribution in [0, 0.1) is 6.92 Å². The van der Waals surface area contributed by atoms with Gasteiger partial charge in [0.15, 0.2) is 0 Å². The minimum atomic E-state index is 0.530. The van der Waals surface area contributed by atoms with Crippen LogP contribution in [0.5, 0.6) is 5.75 Å². The van der Waals surface area contributed by atoms with Crippen LogP contribution in [0.3, 0.4) is 0 Å². The lowest BCUT2D eigenvalue weighted by molar-refractivity contribution is 0.340. The van der Waals surface area contributed by atoms with Crippen molar-refractivity contribution < 1.29 is 4.74 Å². The predicted molar refractivity (Wildman–Crippen MR) is 92.2 cm³/mol. The summed E-state index contributed by atoms with van der Waals surface area (Å²) in [5.41, 5.74) is 4.42. The van der Waals surface area contributed by atoms with E-state index in [4.69, 9.17) is 9.72 Å². The van der Waals surface area contributed by atoms with Crippen molar-refractivity contribution in [3.63, 3.8) is 0 Å². The molecule has 0 fully saturated rings. The summed E-state index contributed by atoms with van der Waals surface area (Å²) in [6, 6.07) is 12.9. The molecule has 0 radical (unpaired) electrons. The van der Waals surface area contributed by atoms with Crippen LogP contribution in [0.25, 0.3) is 11.3 Å². The molecule has 1 aromatic carbocycles. The third-order valence-electron chi connectivity index (χ3n) is 3.89. The van der Waals surface area contributed by atoms with Crippen LogP contribution in [-0.4, -0.2) is 17.6 Å². The maximum Gasteiger partial charge on any atom is 0.119 e. The largest absolute Gasteiger partial charge is 0.494 e. The van der Waals surface area contributed by atoms with Gasteiger partial charge in [0, 0.05) is 23.8 Å². The lowest BCUT2D eigenvalue weighted by atomic mass is 10.1. The first kappa shape index (κ1) is 16.5. The number of pyridine rings is 1. The van der Waals surface area contributed by atoms with Gasteiger partial charge in [-0.1, -0.05) is 25.1 Å². The first-order chi connectivity index (χ1) is 10.6. The van der Waals surface area contributed by atoms with E-state index in [0.29, 0.717) is 12.6 Å². The van der Waals surface area contributed by atoms with E-state index < -0.39 is 0 Å². The summed E-state index contributed by atoms with van der Waals surface area (Å²) in [5, 5.41) is 3.51. The molecule has 3 heteroatoms. The number of benzene rings is 1. The Hall–Kier alpha value is -1.87. The van der Waals surface area contributed by atoms with Gasteiger partial charge in [-0.3, -0.25) is 4.98 Å². The Morgan fingerprint density at radius 2 is 2.00 bits per heavy atom. The molecule has 1 unspecified atom stereocenters. The number of nitrogens with one attached hydrogen (secondary N) is 1. The molecule has 22 heavy (non-hydrogen) atoms. The molecular formula is C19H26N2O. The predicted octanol–water partition coefficient (Wildman–Crippen LogP) is 4.34. The molecule has 0 saturated carbocycles. The molecule has 0 aliphatic carbocycles. The highest BCUT2D eigenvalue weighted by molar-refractivity contribution is 5.61. The number of rotatable bonds is 7. The van der Waals surface area contributed by atoms with Crippen LogP contribution in [0.4, 0.5) is 0 Å². The van der Waals surface area contributed by atoms with Crippen LogP contribution in [0.15, 0.2) is 36.4 Å². The van der Waals surface area contributed by atoms with Gasteiger partial charge in [0.05, 0.1) is 12.3 Å². The first-order valence-corrected chi connectivity index (χ1v) is 8.07. The summed E-state index contributed by atoms with van der Waals surface area (Å²) in [4.78, 5) is 4.75. The van der Waals surface area contributed by atoms with E-state index in [1.165, 1.54) is 5.56 Å². The number of aryl methyl sites for hydroxylation is 1. The molecule has 0 bridgehead atoms. The highest BCUT2D eigenvalue weighted by Crippen LogP contribution is 2.23. The summed E-state index contributed by atoms with van der Waals surface area (Å²) in [6.45, 7) is 10.0. The van der Waals surface area contributed by atoms with E-state index in [0.717, 1.165) is 35.7 Å². The minimum absolute atomic E-state index is 0.530. The SMILES string of the molecule is CCOc1cccc(-c2ccc(CNC(C)CC)c(C)n2)c1. The first-order valence-electron chi connectivity index (χ1n) is 8.07. The fourth-order valence-corrected chi connectivity index (χ4v) is 2.28. The minimum Gasteiger partial charge on any atom is -0.494 e. The van der Waals surface area contributed by atoms with Crippen molar-refractivity contribution in [2.24, 2.45) is 0 Å². The van der Waals surface area contributed by atoms with Crippen molar-refractivity contribution in [3.8, 4) is 17.0 Å². The molecule has 0 aliphatic heterocycles. The molecule has 1 heterocycles. The fraction of sp³-hybridized carbons (Fsp3) is 0.421. The summed E-state index contributed by atoms with van der Waals surface area (Å²) < 4.78 is 5.56. The number of aromatic nitrogens is 1. The maximum absolute atomic E-state index is 5.56. The normalized spacial score (nSPS) is 12.2. The Morgan fingerprint density at radius 1 is 1.18 bits per heavy atom. The smallest absolute Gasteiger partial charge is 0.119 e. The monoisotopic (exact) mass is 298 g/mol. The summed E-state index contributed by atoms with van der Waals surface area (Å²) in [5.74, 6) is 0.891. The van der Waals surface area contributed by atoms with Crippen LogP contribution >= 0.6 is 0 Å². The van der Waals surface area contributed by atoms with Crippen LogP contribution in [0.2, 0.25) is 0 Å². The van der Waals surface area contributed by atoms with Crippen molar-refractivity contribution in [2.45, 2.75) is 46.7 Å². The third kappa shape index (κ3) is 4.31. The van der Waals surface area contributed by atoms with E-state index in [-0.39, 0.29) is 0 Å². The van der Waals surface area contributed by atoms with Crippen molar-refractivity contribution in [1.82, 2.24) is 10.3 Å². The van der Waals surface area contributed by atoms with Gasteiger partial charge in [-0.2, -0.15) is 0 Å². The molecule has 0 saturated heterocycles. The van der Waals surface area contributed by atoms with Crippen molar-refractivity contribution in [2.75, 3.05) is 6.61 Å². The van der Waals surface area contributed by atoms with Gasteiger partial charge in [0.25, 0.3) is 0 Å². The molecule has 0 aliphatic rings. The second-order valence-corrected chi connectivity index (χ2v) is 5.59. The van der Waals surface area contributed by atoms with Gasteiger partial charge in [0.2, 0.25) is 0 Å². The lowest BCUT2D eigenvalue weighted by Crippen LogP contribution is -2.24. The number of nitrogens with zero attached hydrogens (tertiary/aromatic N) is 1. The Labute approximate surface area is 133 Å². The molecule has 1 aromatic heterocycles. The highest BCUT2D eigenvalue weighted by Gasteiger charge is 2.06. The molecule has 1 N–H and O–H groups in total. The van der Waals surface area contributed by atoms with E-state index in [1.54, 1.807) is 0 Å². The standard InChI is InChI=1S/C19H26N2O/c1-5-14(3)20-13-17-10-11-19(21-15(17)4)16-8-7-9-18(12-16)22-6-2/h7-12,14,20H,5-6,13H2,1-4H3. The molecule has 118 valence electrons. The van der Waals surface area contributed by atoms with Crippen LogP contribution in [-0.2, 0) is 6.54 Å². The zero-order valence-corrected chi connectivity index (χ0v) is 14.0. The highest BCUT2D eigenvalue weighted by atomic mass is 16.5. The topological polar surface area (TPSA) is 34.1 Å². The average Bonchev–Trinajstić information content (AvgIpc) is 2.54. The molecule has 1 atom stereocenters. The Kier molecular flexibility index (Phi) is 5.96. The van der Waals surface area contributed by atoms with Gasteiger partial charge >= 0.3 is 0 Å². The Morgan fingerprint density at radius 3 is 2.68 bits per heavy atom. The molecular weight excluding hydrogens is 272 g/mol. The zero-order chi connectivity index (χ0) is 15.9. The van der Waals surface area contributed by atoms with Gasteiger partial charge in [0.1, 0.15) is 5.75 Å². The average molecular weight is 298 g/mol. The van der Waals surface area contributed by atoms with Gasteiger partial charge in [-0.15, -0.1) is 0 Å². The van der Waals surface area contributed by atoms with E-state index in [1.807, 2.05) is 25.1 Å². The van der Waals surface area contributed by atoms with Crippen LogP contribution < -0.4 is 10.1 Å². The Bertz CT molecular complexity index is 610. The molecule has 2 rings (SSSR count). The lowest BCUT2D eigenvalue weighted by Gasteiger charge is -2.13. The molecule has 0 spiro atoms. The van der Waals surface area contributed by atoms with Crippen molar-refractivity contribution in [3.05, 3.63) is 47.7 Å². The van der Waals surface area contributed by atoms with Crippen molar-refractivity contribution in [1.29, 1.82) is 0 Å². The molecule has 2 aromatic rings. The van der Waals surface area contributed by atoms with Crippen LogP contribution in [0.1, 0.15) is 38.4 Å². The molecule has 3 nitrogen and oxygen atoms in total. The fourth-order valence-electron chi connectivity index (χ4n) is 2.28. The second kappa shape index (κ2) is 7.95. The van der Waals surface area contributed by atoms with Gasteiger partial charge in [-0.05, 0) is 51.0 Å². The number of ether oxygens (including phenoxy) is 1. The zero-order valence-electron chi connectivity index (χ0n) is 14.0. The number of hydrogen-bond acceptors (Lipinski definition) is 3. The van der Waals surface area contributed by atoms with E-state index >= 15 is 0 Å². The second-order valence-electron chi connectivity index (χ2n) is 5.59. The third-order valence-corrected chi connectivity index (χ3v) is 3.89. The van der Waals surface area contributed by atoms with Gasteiger partial charge < -0.3 is 10.1 Å².